The Bertz CT molecular complexity index is 112. The van der Waals surface area contributed by atoms with Crippen molar-refractivity contribution >= 4 is 0 Å². The lowest BCUT2D eigenvalue weighted by Gasteiger charge is -2.06. The van der Waals surface area contributed by atoms with Gasteiger partial charge in [-0.2, -0.15) is 0 Å². The SMILES string of the molecule is CC(N)C1[C@H]2CCN[C@@H]12. The first-order valence-corrected chi connectivity index (χ1v) is 3.79. The smallest absolute Gasteiger partial charge is 0.0146 e. The van der Waals surface area contributed by atoms with Crippen LogP contribution in [-0.2, 0) is 0 Å². The van der Waals surface area contributed by atoms with Crippen molar-refractivity contribution in [3.63, 3.8) is 0 Å². The molecule has 1 saturated heterocycles. The van der Waals surface area contributed by atoms with Gasteiger partial charge in [0.15, 0.2) is 0 Å². The van der Waals surface area contributed by atoms with Crippen LogP contribution in [0.4, 0.5) is 0 Å². The lowest BCUT2D eigenvalue weighted by molar-refractivity contribution is 0.523. The van der Waals surface area contributed by atoms with Crippen LogP contribution >= 0.6 is 0 Å². The van der Waals surface area contributed by atoms with Crippen LogP contribution in [0.2, 0.25) is 0 Å². The molecule has 0 radical (unpaired) electrons. The van der Waals surface area contributed by atoms with Gasteiger partial charge < -0.3 is 11.1 Å². The molecule has 4 atom stereocenters. The Morgan fingerprint density at radius 3 is 2.78 bits per heavy atom. The molecule has 2 rings (SSSR count). The summed E-state index contributed by atoms with van der Waals surface area (Å²) in [6.07, 6.45) is 1.36. The van der Waals surface area contributed by atoms with Crippen LogP contribution in [0.3, 0.4) is 0 Å². The Hall–Kier alpha value is -0.0800. The zero-order chi connectivity index (χ0) is 6.43. The molecule has 2 fully saturated rings. The lowest BCUT2D eigenvalue weighted by atomic mass is 10.1. The van der Waals surface area contributed by atoms with Crippen molar-refractivity contribution in [2.45, 2.75) is 25.4 Å². The first-order valence-electron chi connectivity index (χ1n) is 3.79. The van der Waals surface area contributed by atoms with E-state index in [-0.39, 0.29) is 0 Å². The minimum Gasteiger partial charge on any atom is -0.328 e. The van der Waals surface area contributed by atoms with Crippen LogP contribution in [-0.4, -0.2) is 18.6 Å². The van der Waals surface area contributed by atoms with Gasteiger partial charge in [0.1, 0.15) is 0 Å². The van der Waals surface area contributed by atoms with E-state index in [0.29, 0.717) is 6.04 Å². The van der Waals surface area contributed by atoms with E-state index >= 15 is 0 Å². The molecule has 1 aliphatic carbocycles. The van der Waals surface area contributed by atoms with Crippen molar-refractivity contribution < 1.29 is 0 Å². The molecular weight excluding hydrogens is 112 g/mol. The van der Waals surface area contributed by atoms with E-state index in [9.17, 15) is 0 Å². The van der Waals surface area contributed by atoms with Crippen molar-refractivity contribution in [1.82, 2.24) is 5.32 Å². The van der Waals surface area contributed by atoms with Gasteiger partial charge in [0.2, 0.25) is 0 Å². The average molecular weight is 126 g/mol. The second-order valence-electron chi connectivity index (χ2n) is 3.37. The maximum Gasteiger partial charge on any atom is 0.0146 e. The van der Waals surface area contributed by atoms with Crippen molar-refractivity contribution in [2.24, 2.45) is 17.6 Å². The van der Waals surface area contributed by atoms with E-state index in [2.05, 4.69) is 12.2 Å². The molecule has 1 heterocycles. The van der Waals surface area contributed by atoms with Crippen LogP contribution in [0.25, 0.3) is 0 Å². The molecule has 1 saturated carbocycles. The van der Waals surface area contributed by atoms with Gasteiger partial charge in [-0.3, -0.25) is 0 Å². The summed E-state index contributed by atoms with van der Waals surface area (Å²) in [7, 11) is 0. The molecule has 2 heteroatoms. The highest BCUT2D eigenvalue weighted by Crippen LogP contribution is 2.46. The predicted octanol–water partition coefficient (Wildman–Crippen LogP) is -0.0585. The maximum absolute atomic E-state index is 5.75. The largest absolute Gasteiger partial charge is 0.328 e. The average Bonchev–Trinajstić information content (AvgIpc) is 2.30. The highest BCUT2D eigenvalue weighted by Gasteiger charge is 2.54. The van der Waals surface area contributed by atoms with Gasteiger partial charge in [0.05, 0.1) is 0 Å². The molecule has 0 bridgehead atoms. The highest BCUT2D eigenvalue weighted by molar-refractivity contribution is 5.10. The first-order chi connectivity index (χ1) is 4.30. The third-order valence-electron chi connectivity index (χ3n) is 2.69. The molecular formula is C7H14N2. The number of rotatable bonds is 1. The van der Waals surface area contributed by atoms with Crippen LogP contribution in [0.1, 0.15) is 13.3 Å². The number of hydrogen-bond donors (Lipinski definition) is 2. The molecule has 2 nitrogen and oxygen atoms in total. The van der Waals surface area contributed by atoms with Crippen molar-refractivity contribution in [2.75, 3.05) is 6.54 Å². The number of piperidine rings is 1. The molecule has 0 aromatic heterocycles. The van der Waals surface area contributed by atoms with E-state index in [4.69, 9.17) is 5.73 Å². The zero-order valence-corrected chi connectivity index (χ0v) is 5.80. The number of nitrogens with two attached hydrogens (primary N) is 1. The highest BCUT2D eigenvalue weighted by atomic mass is 15.0. The van der Waals surface area contributed by atoms with Crippen LogP contribution in [0.15, 0.2) is 0 Å². The van der Waals surface area contributed by atoms with Crippen LogP contribution in [0, 0.1) is 11.8 Å². The normalized spacial score (nSPS) is 50.7. The summed E-state index contributed by atoms with van der Waals surface area (Å²) in [6, 6.07) is 1.21. The van der Waals surface area contributed by atoms with E-state index < -0.39 is 0 Å². The number of hydrogen-bond acceptors (Lipinski definition) is 2. The standard InChI is InChI=1S/C7H14N2/c1-4(8)6-5-2-3-9-7(5)6/h4-7,9H,2-3,8H2,1H3/t4?,5-,6?,7-/m1/s1. The third kappa shape index (κ3) is 0.700. The molecule has 1 aliphatic heterocycles. The lowest BCUT2D eigenvalue weighted by Crippen LogP contribution is -2.26. The molecule has 0 amide bonds. The van der Waals surface area contributed by atoms with Crippen LogP contribution < -0.4 is 11.1 Å². The molecule has 0 aromatic carbocycles. The minimum absolute atomic E-state index is 0.410. The monoisotopic (exact) mass is 126 g/mol. The summed E-state index contributed by atoms with van der Waals surface area (Å²) in [4.78, 5) is 0. The van der Waals surface area contributed by atoms with Crippen molar-refractivity contribution in [1.29, 1.82) is 0 Å². The Morgan fingerprint density at radius 2 is 2.44 bits per heavy atom. The summed E-state index contributed by atoms with van der Waals surface area (Å²) < 4.78 is 0. The van der Waals surface area contributed by atoms with Gasteiger partial charge in [0.25, 0.3) is 0 Å². The second-order valence-corrected chi connectivity index (χ2v) is 3.37. The fraction of sp³-hybridized carbons (Fsp3) is 1.00. The summed E-state index contributed by atoms with van der Waals surface area (Å²) >= 11 is 0. The topological polar surface area (TPSA) is 38.0 Å². The predicted molar refractivity (Wildman–Crippen MR) is 37.0 cm³/mol. The third-order valence-corrected chi connectivity index (χ3v) is 2.69. The Labute approximate surface area is 55.8 Å². The van der Waals surface area contributed by atoms with E-state index in [1.54, 1.807) is 0 Å². The number of nitrogens with one attached hydrogen (secondary N) is 1. The van der Waals surface area contributed by atoms with E-state index in [1.165, 1.54) is 13.0 Å². The summed E-state index contributed by atoms with van der Waals surface area (Å²) in [5.74, 6) is 1.74. The van der Waals surface area contributed by atoms with E-state index in [1.807, 2.05) is 0 Å². The fourth-order valence-electron chi connectivity index (χ4n) is 2.19. The van der Waals surface area contributed by atoms with Gasteiger partial charge in [0, 0.05) is 12.1 Å². The Balaban J connectivity index is 1.94. The molecule has 9 heavy (non-hydrogen) atoms. The summed E-state index contributed by atoms with van der Waals surface area (Å²) in [5.41, 5.74) is 5.75. The molecule has 2 aliphatic rings. The van der Waals surface area contributed by atoms with Crippen molar-refractivity contribution in [3.8, 4) is 0 Å². The Kier molecular flexibility index (Phi) is 1.08. The Morgan fingerprint density at radius 1 is 1.67 bits per heavy atom. The zero-order valence-electron chi connectivity index (χ0n) is 5.80. The van der Waals surface area contributed by atoms with Gasteiger partial charge in [-0.15, -0.1) is 0 Å². The van der Waals surface area contributed by atoms with Gasteiger partial charge in [-0.1, -0.05) is 0 Å². The van der Waals surface area contributed by atoms with Crippen molar-refractivity contribution in [3.05, 3.63) is 0 Å². The van der Waals surface area contributed by atoms with E-state index in [0.717, 1.165) is 17.9 Å². The summed E-state index contributed by atoms with van der Waals surface area (Å²) in [6.45, 7) is 3.34. The second kappa shape index (κ2) is 1.70. The van der Waals surface area contributed by atoms with Gasteiger partial charge >= 0.3 is 0 Å². The molecule has 0 spiro atoms. The van der Waals surface area contributed by atoms with Gasteiger partial charge in [-0.05, 0) is 31.7 Å². The summed E-state index contributed by atoms with van der Waals surface area (Å²) in [5, 5.41) is 3.44. The molecule has 2 unspecified atom stereocenters. The first kappa shape index (κ1) is 5.69. The quantitative estimate of drug-likeness (QED) is 0.516. The molecule has 3 N–H and O–H groups in total. The fourth-order valence-corrected chi connectivity index (χ4v) is 2.19. The van der Waals surface area contributed by atoms with Crippen LogP contribution in [0.5, 0.6) is 0 Å². The molecule has 52 valence electrons. The maximum atomic E-state index is 5.75. The van der Waals surface area contributed by atoms with Gasteiger partial charge in [-0.25, -0.2) is 0 Å². The molecule has 0 aromatic rings. The number of fused-ring (bicyclic) bond motifs is 1. The minimum atomic E-state index is 0.410.